The summed E-state index contributed by atoms with van der Waals surface area (Å²) in [6, 6.07) is 7.89. The number of anilines is 1. The molecule has 1 aromatic heterocycles. The maximum atomic E-state index is 5.89. The lowest BCUT2D eigenvalue weighted by Gasteiger charge is -2.26. The van der Waals surface area contributed by atoms with Crippen molar-refractivity contribution in [2.24, 2.45) is 5.92 Å². The summed E-state index contributed by atoms with van der Waals surface area (Å²) in [6.45, 7) is 0.667. The molecule has 0 aliphatic carbocycles. The zero-order valence-electron chi connectivity index (χ0n) is 12.3. The van der Waals surface area contributed by atoms with Crippen molar-refractivity contribution in [2.75, 3.05) is 26.1 Å². The van der Waals surface area contributed by atoms with Gasteiger partial charge in [-0.25, -0.2) is 9.97 Å². The second-order valence-corrected chi connectivity index (χ2v) is 5.14. The lowest BCUT2D eigenvalue weighted by Crippen LogP contribution is -2.24. The molecule has 1 atom stereocenters. The van der Waals surface area contributed by atoms with Gasteiger partial charge in [0.25, 0.3) is 0 Å². The molecule has 0 amide bonds. The molecule has 0 spiro atoms. The number of aromatic nitrogens is 2. The van der Waals surface area contributed by atoms with Gasteiger partial charge in [-0.1, -0.05) is 12.1 Å². The molecular formula is C16H19N3O2. The molecule has 1 aliphatic rings. The molecule has 0 fully saturated rings. The Morgan fingerprint density at radius 1 is 1.38 bits per heavy atom. The summed E-state index contributed by atoms with van der Waals surface area (Å²) in [7, 11) is 3.53. The number of hydrogen-bond acceptors (Lipinski definition) is 5. The van der Waals surface area contributed by atoms with Crippen LogP contribution in [-0.2, 0) is 12.8 Å². The number of para-hydroxylation sites is 1. The van der Waals surface area contributed by atoms with E-state index in [1.54, 1.807) is 13.3 Å². The predicted molar refractivity (Wildman–Crippen MR) is 81.0 cm³/mol. The van der Waals surface area contributed by atoms with Gasteiger partial charge in [0.05, 0.1) is 13.7 Å². The summed E-state index contributed by atoms with van der Waals surface area (Å²) < 4.78 is 11.2. The van der Waals surface area contributed by atoms with Crippen molar-refractivity contribution >= 4 is 5.82 Å². The van der Waals surface area contributed by atoms with Crippen molar-refractivity contribution in [1.82, 2.24) is 9.97 Å². The maximum Gasteiger partial charge on any atom is 0.164 e. The normalized spacial score (nSPS) is 16.8. The van der Waals surface area contributed by atoms with Gasteiger partial charge in [-0.05, 0) is 24.1 Å². The van der Waals surface area contributed by atoms with E-state index in [1.165, 1.54) is 5.56 Å². The largest absolute Gasteiger partial charge is 0.493 e. The standard InChI is InChI=1S/C16H19N3O2/c1-17-14-6-7-18-15(19-14)9-11-8-12-4-3-5-13(20-2)16(12)21-10-11/h3-7,11H,8-10H2,1-2H3,(H,17,18,19)/t11-/m0/s1. The van der Waals surface area contributed by atoms with Crippen LogP contribution in [0.15, 0.2) is 30.5 Å². The first-order valence-electron chi connectivity index (χ1n) is 7.08. The number of benzene rings is 1. The highest BCUT2D eigenvalue weighted by Gasteiger charge is 2.23. The molecule has 5 heteroatoms. The van der Waals surface area contributed by atoms with Crippen LogP contribution in [0.5, 0.6) is 11.5 Å². The third-order valence-corrected chi connectivity index (χ3v) is 3.69. The Hall–Kier alpha value is -2.30. The van der Waals surface area contributed by atoms with Crippen LogP contribution in [0, 0.1) is 5.92 Å². The molecule has 0 saturated heterocycles. The topological polar surface area (TPSA) is 56.3 Å². The first-order chi connectivity index (χ1) is 10.3. The molecule has 3 rings (SSSR count). The third kappa shape index (κ3) is 2.91. The van der Waals surface area contributed by atoms with Crippen molar-refractivity contribution in [3.63, 3.8) is 0 Å². The number of rotatable bonds is 4. The summed E-state index contributed by atoms with van der Waals surface area (Å²) in [4.78, 5) is 8.81. The first kappa shape index (κ1) is 13.7. The zero-order chi connectivity index (χ0) is 14.7. The van der Waals surface area contributed by atoms with E-state index < -0.39 is 0 Å². The smallest absolute Gasteiger partial charge is 0.164 e. The number of nitrogens with zero attached hydrogens (tertiary/aromatic N) is 2. The number of ether oxygens (including phenoxy) is 2. The highest BCUT2D eigenvalue weighted by molar-refractivity contribution is 5.47. The third-order valence-electron chi connectivity index (χ3n) is 3.69. The van der Waals surface area contributed by atoms with E-state index in [-0.39, 0.29) is 0 Å². The van der Waals surface area contributed by atoms with Crippen LogP contribution in [0.1, 0.15) is 11.4 Å². The van der Waals surface area contributed by atoms with Crippen LogP contribution in [-0.4, -0.2) is 30.7 Å². The van der Waals surface area contributed by atoms with Crippen LogP contribution in [0.25, 0.3) is 0 Å². The van der Waals surface area contributed by atoms with Crippen LogP contribution in [0.2, 0.25) is 0 Å². The van der Waals surface area contributed by atoms with Gasteiger partial charge in [0.15, 0.2) is 11.5 Å². The number of fused-ring (bicyclic) bond motifs is 1. The highest BCUT2D eigenvalue weighted by atomic mass is 16.5. The molecule has 1 aromatic carbocycles. The lowest BCUT2D eigenvalue weighted by atomic mass is 9.93. The van der Waals surface area contributed by atoms with Crippen molar-refractivity contribution in [3.8, 4) is 11.5 Å². The summed E-state index contributed by atoms with van der Waals surface area (Å²) in [6.07, 6.45) is 3.56. The number of hydrogen-bond donors (Lipinski definition) is 1. The molecule has 2 heterocycles. The molecular weight excluding hydrogens is 266 g/mol. The van der Waals surface area contributed by atoms with Gasteiger partial charge >= 0.3 is 0 Å². The Balaban J connectivity index is 1.74. The molecule has 0 saturated carbocycles. The minimum absolute atomic E-state index is 0.386. The molecule has 0 radical (unpaired) electrons. The molecule has 110 valence electrons. The van der Waals surface area contributed by atoms with E-state index in [1.807, 2.05) is 25.2 Å². The molecule has 1 aliphatic heterocycles. The Labute approximate surface area is 124 Å². The van der Waals surface area contributed by atoms with Crippen molar-refractivity contribution < 1.29 is 9.47 Å². The zero-order valence-corrected chi connectivity index (χ0v) is 12.3. The fourth-order valence-electron chi connectivity index (χ4n) is 2.64. The van der Waals surface area contributed by atoms with Crippen molar-refractivity contribution in [3.05, 3.63) is 41.9 Å². The summed E-state index contributed by atoms with van der Waals surface area (Å²) >= 11 is 0. The summed E-state index contributed by atoms with van der Waals surface area (Å²) in [5.41, 5.74) is 1.19. The van der Waals surface area contributed by atoms with Gasteiger partial charge in [-0.3, -0.25) is 0 Å². The van der Waals surface area contributed by atoms with E-state index in [0.29, 0.717) is 12.5 Å². The average Bonchev–Trinajstić information content (AvgIpc) is 2.54. The second kappa shape index (κ2) is 5.99. The van der Waals surface area contributed by atoms with E-state index in [2.05, 4.69) is 21.4 Å². The van der Waals surface area contributed by atoms with Gasteiger partial charge in [-0.2, -0.15) is 0 Å². The van der Waals surface area contributed by atoms with Crippen LogP contribution in [0.4, 0.5) is 5.82 Å². The minimum atomic E-state index is 0.386. The monoisotopic (exact) mass is 285 g/mol. The van der Waals surface area contributed by atoms with Crippen molar-refractivity contribution in [2.45, 2.75) is 12.8 Å². The Morgan fingerprint density at radius 2 is 2.29 bits per heavy atom. The Bertz CT molecular complexity index is 631. The van der Waals surface area contributed by atoms with Gasteiger partial charge in [0.1, 0.15) is 11.6 Å². The van der Waals surface area contributed by atoms with Gasteiger partial charge in [0.2, 0.25) is 0 Å². The van der Waals surface area contributed by atoms with E-state index in [9.17, 15) is 0 Å². The predicted octanol–water partition coefficient (Wildman–Crippen LogP) is 2.32. The molecule has 5 nitrogen and oxygen atoms in total. The van der Waals surface area contributed by atoms with Crippen LogP contribution in [0.3, 0.4) is 0 Å². The van der Waals surface area contributed by atoms with Gasteiger partial charge in [-0.15, -0.1) is 0 Å². The minimum Gasteiger partial charge on any atom is -0.493 e. The first-order valence-corrected chi connectivity index (χ1v) is 7.08. The van der Waals surface area contributed by atoms with E-state index >= 15 is 0 Å². The maximum absolute atomic E-state index is 5.89. The highest BCUT2D eigenvalue weighted by Crippen LogP contribution is 2.36. The average molecular weight is 285 g/mol. The molecule has 2 aromatic rings. The molecule has 0 bridgehead atoms. The SMILES string of the molecule is CNc1ccnc(C[C@H]2COc3c(cccc3OC)C2)n1. The second-order valence-electron chi connectivity index (χ2n) is 5.14. The van der Waals surface area contributed by atoms with Crippen LogP contribution < -0.4 is 14.8 Å². The van der Waals surface area contributed by atoms with Gasteiger partial charge in [0, 0.05) is 25.6 Å². The molecule has 0 unspecified atom stereocenters. The summed E-state index contributed by atoms with van der Waals surface area (Å²) in [5.74, 6) is 3.76. The quantitative estimate of drug-likeness (QED) is 0.934. The summed E-state index contributed by atoms with van der Waals surface area (Å²) in [5, 5.41) is 3.04. The van der Waals surface area contributed by atoms with E-state index in [0.717, 1.165) is 36.0 Å². The van der Waals surface area contributed by atoms with E-state index in [4.69, 9.17) is 9.47 Å². The lowest BCUT2D eigenvalue weighted by molar-refractivity contribution is 0.210. The Kier molecular flexibility index (Phi) is 3.90. The number of nitrogens with one attached hydrogen (secondary N) is 1. The fraction of sp³-hybridized carbons (Fsp3) is 0.375. The van der Waals surface area contributed by atoms with Crippen molar-refractivity contribution in [1.29, 1.82) is 0 Å². The Morgan fingerprint density at radius 3 is 3.10 bits per heavy atom. The van der Waals surface area contributed by atoms with Crippen LogP contribution >= 0.6 is 0 Å². The molecule has 1 N–H and O–H groups in total. The van der Waals surface area contributed by atoms with Gasteiger partial charge < -0.3 is 14.8 Å². The fourth-order valence-corrected chi connectivity index (χ4v) is 2.64. The number of methoxy groups -OCH3 is 1. The molecule has 21 heavy (non-hydrogen) atoms.